The number of aliphatic hydroxyl groups is 1. The lowest BCUT2D eigenvalue weighted by Crippen LogP contribution is -2.35. The number of phenols is 3. The van der Waals surface area contributed by atoms with Crippen LogP contribution in [-0.2, 0) is 14.9 Å². The van der Waals surface area contributed by atoms with Crippen molar-refractivity contribution >= 4 is 17.9 Å². The maximum atomic E-state index is 12.2. The molecule has 4 atom stereocenters. The van der Waals surface area contributed by atoms with Crippen LogP contribution in [0.25, 0.3) is 0 Å². The van der Waals surface area contributed by atoms with E-state index < -0.39 is 30.4 Å². The average Bonchev–Trinajstić information content (AvgIpc) is 3.48. The lowest BCUT2D eigenvalue weighted by molar-refractivity contribution is -0.145. The number of aliphatic hydroxyl groups excluding tert-OH is 1. The van der Waals surface area contributed by atoms with Gasteiger partial charge in [-0.1, -0.05) is 39.0 Å². The van der Waals surface area contributed by atoms with Crippen LogP contribution in [0.3, 0.4) is 0 Å². The van der Waals surface area contributed by atoms with Gasteiger partial charge in [-0.3, -0.25) is 9.79 Å². The molecular formula is C38H39NO11. The summed E-state index contributed by atoms with van der Waals surface area (Å²) in [6.07, 6.45) is -1.92. The highest BCUT2D eigenvalue weighted by Crippen LogP contribution is 2.55. The fourth-order valence-corrected chi connectivity index (χ4v) is 6.34. The van der Waals surface area contributed by atoms with Gasteiger partial charge in [0, 0.05) is 47.2 Å². The van der Waals surface area contributed by atoms with Crippen molar-refractivity contribution in [1.82, 2.24) is 0 Å². The second-order valence-electron chi connectivity index (χ2n) is 13.0. The van der Waals surface area contributed by atoms with Gasteiger partial charge in [0.1, 0.15) is 47.0 Å². The second-order valence-corrected chi connectivity index (χ2v) is 13.0. The number of hydrogen-bond acceptors (Lipinski definition) is 12. The molecule has 0 radical (unpaired) electrons. The zero-order valence-electron chi connectivity index (χ0n) is 28.5. The zero-order valence-corrected chi connectivity index (χ0v) is 28.5. The van der Waals surface area contributed by atoms with E-state index in [1.54, 1.807) is 36.4 Å². The molecule has 12 heteroatoms. The van der Waals surface area contributed by atoms with Gasteiger partial charge in [0.15, 0.2) is 17.6 Å². The fraction of sp³-hybridized carbons (Fsp3) is 0.316. The molecule has 4 aromatic carbocycles. The molecule has 262 valence electrons. The van der Waals surface area contributed by atoms with E-state index in [9.17, 15) is 25.2 Å². The molecule has 0 bridgehead atoms. The predicted octanol–water partition coefficient (Wildman–Crippen LogP) is 6.16. The van der Waals surface area contributed by atoms with Crippen molar-refractivity contribution in [2.24, 2.45) is 4.99 Å². The quantitative estimate of drug-likeness (QED) is 0.124. The molecule has 0 spiro atoms. The number of carbonyl (C=O) groups is 1. The third kappa shape index (κ3) is 6.41. The van der Waals surface area contributed by atoms with Crippen molar-refractivity contribution in [3.05, 3.63) is 88.5 Å². The number of phenolic OH excluding ortho intramolecular Hbond substituents is 3. The number of carbonyl (C=O) groups excluding carboxylic acids is 1. The van der Waals surface area contributed by atoms with Crippen molar-refractivity contribution in [3.63, 3.8) is 0 Å². The Hall–Kier alpha value is -5.62. The Morgan fingerprint density at radius 3 is 2.34 bits per heavy atom. The van der Waals surface area contributed by atoms with Gasteiger partial charge in [0.05, 0.1) is 32.9 Å². The number of benzene rings is 4. The number of aliphatic imine (C=N–C) groups is 1. The van der Waals surface area contributed by atoms with Crippen LogP contribution in [-0.4, -0.2) is 66.3 Å². The number of rotatable bonds is 8. The van der Waals surface area contributed by atoms with E-state index in [2.05, 4.69) is 0 Å². The van der Waals surface area contributed by atoms with Gasteiger partial charge in [0.25, 0.3) is 6.29 Å². The lowest BCUT2D eigenvalue weighted by Gasteiger charge is -2.38. The Morgan fingerprint density at radius 2 is 1.64 bits per heavy atom. The summed E-state index contributed by atoms with van der Waals surface area (Å²) in [6.45, 7) is 6.00. The summed E-state index contributed by atoms with van der Waals surface area (Å²) in [5.74, 6) is -0.456. The molecule has 0 saturated carbocycles. The van der Waals surface area contributed by atoms with E-state index in [1.807, 2.05) is 32.9 Å². The molecule has 2 aliphatic rings. The van der Waals surface area contributed by atoms with E-state index in [0.29, 0.717) is 45.4 Å². The molecule has 0 amide bonds. The van der Waals surface area contributed by atoms with Crippen LogP contribution < -0.4 is 23.7 Å². The van der Waals surface area contributed by atoms with Crippen LogP contribution in [0.5, 0.6) is 46.0 Å². The summed E-state index contributed by atoms with van der Waals surface area (Å²) in [6, 6.07) is 16.2. The highest BCUT2D eigenvalue weighted by molar-refractivity contribution is 5.87. The maximum Gasteiger partial charge on any atom is 0.313 e. The molecule has 0 aromatic heterocycles. The topological polar surface area (TPSA) is 166 Å². The zero-order chi connectivity index (χ0) is 35.9. The third-order valence-electron chi connectivity index (χ3n) is 8.77. The number of fused-ring (bicyclic) bond motifs is 2. The van der Waals surface area contributed by atoms with Gasteiger partial charge in [-0.15, -0.1) is 0 Å². The number of esters is 1. The van der Waals surface area contributed by atoms with E-state index >= 15 is 0 Å². The van der Waals surface area contributed by atoms with Gasteiger partial charge in [-0.25, -0.2) is 0 Å². The summed E-state index contributed by atoms with van der Waals surface area (Å²) in [5.41, 5.74) is 2.27. The Balaban J connectivity index is 1.48. The number of ether oxygens (including phenoxy) is 6. The first-order valence-corrected chi connectivity index (χ1v) is 15.9. The Kier molecular flexibility index (Phi) is 9.15. The molecule has 4 N–H and O–H groups in total. The smallest absolute Gasteiger partial charge is 0.313 e. The molecule has 0 fully saturated rings. The third-order valence-corrected chi connectivity index (χ3v) is 8.77. The van der Waals surface area contributed by atoms with Crippen molar-refractivity contribution < 1.29 is 53.6 Å². The number of para-hydroxylation sites is 1. The van der Waals surface area contributed by atoms with Gasteiger partial charge in [-0.2, -0.15) is 0 Å². The lowest BCUT2D eigenvalue weighted by atomic mass is 9.78. The first kappa shape index (κ1) is 34.3. The standard InChI is InChI=1S/C38H39NO11/c1-38(2,3)23-9-7-8-20(35(23)43)18-39-24-15-22(45-4)16-28(46-5)32(24)34-33-25(41)13-21(40)14-29(33)50-37(36(34)44)19-10-11-26-27(12-19)49-31(48-26)17-30(42)47-6/h7-16,18,31,34,36-37,40-41,43-44H,17H2,1-6H3/t31?,34-,36+,37+/m0/s1. The monoisotopic (exact) mass is 685 g/mol. The van der Waals surface area contributed by atoms with Crippen LogP contribution in [0.2, 0.25) is 0 Å². The number of hydrogen-bond donors (Lipinski definition) is 4. The Labute approximate surface area is 289 Å². The Bertz CT molecular complexity index is 1970. The van der Waals surface area contributed by atoms with Gasteiger partial charge >= 0.3 is 5.97 Å². The molecule has 0 aliphatic carbocycles. The summed E-state index contributed by atoms with van der Waals surface area (Å²) in [7, 11) is 4.24. The van der Waals surface area contributed by atoms with E-state index in [1.165, 1.54) is 39.7 Å². The molecule has 2 heterocycles. The van der Waals surface area contributed by atoms with Crippen LogP contribution >= 0.6 is 0 Å². The minimum atomic E-state index is -1.36. The normalized spacial score (nSPS) is 19.5. The average molecular weight is 686 g/mol. The van der Waals surface area contributed by atoms with E-state index in [0.717, 1.165) is 5.56 Å². The van der Waals surface area contributed by atoms with Crippen molar-refractivity contribution in [2.75, 3.05) is 21.3 Å². The van der Waals surface area contributed by atoms with Crippen molar-refractivity contribution in [2.45, 2.75) is 57.0 Å². The van der Waals surface area contributed by atoms with Gasteiger partial charge < -0.3 is 48.8 Å². The molecule has 4 aromatic rings. The molecule has 12 nitrogen and oxygen atoms in total. The molecule has 1 unspecified atom stereocenters. The summed E-state index contributed by atoms with van der Waals surface area (Å²) in [5, 5.41) is 45.1. The summed E-state index contributed by atoms with van der Waals surface area (Å²) < 4.78 is 34.0. The van der Waals surface area contributed by atoms with Crippen molar-refractivity contribution in [3.8, 4) is 46.0 Å². The van der Waals surface area contributed by atoms with Gasteiger partial charge in [-0.05, 0) is 34.7 Å². The molecule has 50 heavy (non-hydrogen) atoms. The highest BCUT2D eigenvalue weighted by atomic mass is 16.7. The molecular weight excluding hydrogens is 646 g/mol. The Morgan fingerprint density at radius 1 is 0.880 bits per heavy atom. The SMILES string of the molecule is COC(=O)CC1Oc2ccc([C@H]3Oc4cc(O)cc(O)c4[C@H](c4c(N=Cc5cccc(C(C)(C)C)c5O)cc(OC)cc4OC)[C@H]3O)cc2O1. The number of aromatic hydroxyl groups is 3. The molecule has 0 saturated heterocycles. The van der Waals surface area contributed by atoms with Crippen LogP contribution in [0, 0.1) is 0 Å². The fourth-order valence-electron chi connectivity index (χ4n) is 6.34. The minimum Gasteiger partial charge on any atom is -0.508 e. The van der Waals surface area contributed by atoms with Crippen LogP contribution in [0.4, 0.5) is 5.69 Å². The minimum absolute atomic E-state index is 0.0847. The summed E-state index contributed by atoms with van der Waals surface area (Å²) >= 11 is 0. The first-order chi connectivity index (χ1) is 23.8. The van der Waals surface area contributed by atoms with Crippen LogP contribution in [0.15, 0.2) is 65.7 Å². The summed E-state index contributed by atoms with van der Waals surface area (Å²) in [4.78, 5) is 16.6. The predicted molar refractivity (Wildman–Crippen MR) is 183 cm³/mol. The molecule has 6 rings (SSSR count). The maximum absolute atomic E-state index is 12.2. The van der Waals surface area contributed by atoms with Crippen molar-refractivity contribution in [1.29, 1.82) is 0 Å². The highest BCUT2D eigenvalue weighted by Gasteiger charge is 2.44. The molecule has 2 aliphatic heterocycles. The second kappa shape index (κ2) is 13.4. The van der Waals surface area contributed by atoms with Gasteiger partial charge in [0.2, 0.25) is 0 Å². The van der Waals surface area contributed by atoms with Crippen LogP contribution in [0.1, 0.15) is 67.0 Å². The number of methoxy groups -OCH3 is 3. The van der Waals surface area contributed by atoms with E-state index in [4.69, 9.17) is 33.4 Å². The first-order valence-electron chi connectivity index (χ1n) is 15.9. The van der Waals surface area contributed by atoms with E-state index in [-0.39, 0.29) is 40.4 Å². The largest absolute Gasteiger partial charge is 0.508 e. The number of nitrogens with zero attached hydrogens (tertiary/aromatic N) is 1.